The van der Waals surface area contributed by atoms with Gasteiger partial charge in [0, 0.05) is 6.54 Å². The van der Waals surface area contributed by atoms with E-state index in [0.29, 0.717) is 13.0 Å². The summed E-state index contributed by atoms with van der Waals surface area (Å²) in [5.74, 6) is 1.27. The van der Waals surface area contributed by atoms with E-state index >= 15 is 0 Å². The first-order valence-corrected chi connectivity index (χ1v) is 10.2. The number of hydrogen-bond donors (Lipinski definition) is 0. The maximum atomic E-state index is 11.4. The molecule has 0 aromatic heterocycles. The minimum atomic E-state index is -0.526. The molecule has 0 unspecified atom stereocenters. The minimum absolute atomic E-state index is 0.194. The van der Waals surface area contributed by atoms with Gasteiger partial charge in [-0.2, -0.15) is 5.26 Å². The van der Waals surface area contributed by atoms with Crippen LogP contribution in [0.4, 0.5) is 0 Å². The molecule has 1 aromatic carbocycles. The number of benzene rings is 1. The lowest BCUT2D eigenvalue weighted by molar-refractivity contribution is -0.141. The molecule has 3 rings (SSSR count). The highest BCUT2D eigenvalue weighted by molar-refractivity contribution is 5.69. The number of methoxy groups -OCH3 is 2. The molecule has 6 nitrogen and oxygen atoms in total. The number of likely N-dealkylation sites (tertiary alicyclic amines) is 1. The largest absolute Gasteiger partial charge is 0.493 e. The van der Waals surface area contributed by atoms with E-state index in [1.807, 2.05) is 18.2 Å². The Bertz CT molecular complexity index is 714. The van der Waals surface area contributed by atoms with Crippen molar-refractivity contribution in [2.75, 3.05) is 33.9 Å². The van der Waals surface area contributed by atoms with Crippen LogP contribution in [0.15, 0.2) is 18.2 Å². The smallest absolute Gasteiger partial charge is 0.306 e. The molecule has 0 N–H and O–H groups in total. The number of hydrogen-bond acceptors (Lipinski definition) is 6. The number of esters is 1. The average Bonchev–Trinajstić information content (AvgIpc) is 3.25. The van der Waals surface area contributed by atoms with Crippen LogP contribution in [0, 0.1) is 11.3 Å². The molecule has 1 saturated heterocycles. The van der Waals surface area contributed by atoms with Gasteiger partial charge in [-0.3, -0.25) is 4.79 Å². The SMILES string of the molecule is COC(=O)CCN1CCC(C#N)(c2ccc(OC)c(OC3CCCC3)c2)CC1. The zero-order valence-electron chi connectivity index (χ0n) is 16.9. The van der Waals surface area contributed by atoms with Crippen molar-refractivity contribution >= 4 is 5.97 Å². The lowest BCUT2D eigenvalue weighted by Gasteiger charge is -2.37. The van der Waals surface area contributed by atoms with Crippen LogP contribution in [-0.4, -0.2) is 50.8 Å². The second-order valence-electron chi connectivity index (χ2n) is 7.75. The van der Waals surface area contributed by atoms with Gasteiger partial charge in [0.1, 0.15) is 0 Å². The van der Waals surface area contributed by atoms with E-state index in [-0.39, 0.29) is 12.1 Å². The van der Waals surface area contributed by atoms with Crippen molar-refractivity contribution in [3.05, 3.63) is 23.8 Å². The molecule has 1 heterocycles. The second kappa shape index (κ2) is 9.29. The van der Waals surface area contributed by atoms with Crippen LogP contribution >= 0.6 is 0 Å². The van der Waals surface area contributed by atoms with Crippen molar-refractivity contribution < 1.29 is 19.0 Å². The monoisotopic (exact) mass is 386 g/mol. The third kappa shape index (κ3) is 4.59. The fraction of sp³-hybridized carbons (Fsp3) is 0.636. The minimum Gasteiger partial charge on any atom is -0.493 e. The van der Waals surface area contributed by atoms with Gasteiger partial charge < -0.3 is 19.1 Å². The predicted octanol–water partition coefficient (Wildman–Crippen LogP) is 3.44. The van der Waals surface area contributed by atoms with E-state index in [1.165, 1.54) is 20.0 Å². The first kappa shape index (κ1) is 20.5. The summed E-state index contributed by atoms with van der Waals surface area (Å²) in [6.07, 6.45) is 6.66. The summed E-state index contributed by atoms with van der Waals surface area (Å²) in [5, 5.41) is 10.0. The van der Waals surface area contributed by atoms with Crippen molar-refractivity contribution in [1.29, 1.82) is 5.26 Å². The highest BCUT2D eigenvalue weighted by atomic mass is 16.5. The van der Waals surface area contributed by atoms with Crippen LogP contribution in [-0.2, 0) is 14.9 Å². The van der Waals surface area contributed by atoms with E-state index in [2.05, 4.69) is 11.0 Å². The van der Waals surface area contributed by atoms with E-state index in [1.54, 1.807) is 7.11 Å². The van der Waals surface area contributed by atoms with Gasteiger partial charge in [-0.05, 0) is 69.3 Å². The number of rotatable bonds is 7. The van der Waals surface area contributed by atoms with Gasteiger partial charge >= 0.3 is 5.97 Å². The molecule has 1 saturated carbocycles. The highest BCUT2D eigenvalue weighted by Gasteiger charge is 2.37. The lowest BCUT2D eigenvalue weighted by atomic mass is 9.74. The molecule has 28 heavy (non-hydrogen) atoms. The number of carbonyl (C=O) groups excluding carboxylic acids is 1. The van der Waals surface area contributed by atoms with Gasteiger partial charge in [-0.15, -0.1) is 0 Å². The average molecular weight is 386 g/mol. The summed E-state index contributed by atoms with van der Waals surface area (Å²) in [5.41, 5.74) is 0.471. The standard InChI is InChI=1S/C22H30N2O4/c1-26-19-8-7-17(15-20(19)28-18-5-3-4-6-18)22(16-23)10-13-24(14-11-22)12-9-21(25)27-2/h7-8,15,18H,3-6,9-14H2,1-2H3. The Balaban J connectivity index is 1.71. The summed E-state index contributed by atoms with van der Waals surface area (Å²) in [6, 6.07) is 8.49. The second-order valence-corrected chi connectivity index (χ2v) is 7.75. The third-order valence-corrected chi connectivity index (χ3v) is 6.10. The van der Waals surface area contributed by atoms with E-state index < -0.39 is 5.41 Å². The number of nitriles is 1. The highest BCUT2D eigenvalue weighted by Crippen LogP contribution is 2.40. The number of nitrogens with zero attached hydrogens (tertiary/aromatic N) is 2. The van der Waals surface area contributed by atoms with Crippen molar-refractivity contribution in [2.45, 2.75) is 56.5 Å². The van der Waals surface area contributed by atoms with Crippen LogP contribution in [0.2, 0.25) is 0 Å². The van der Waals surface area contributed by atoms with E-state index in [4.69, 9.17) is 14.2 Å². The summed E-state index contributed by atoms with van der Waals surface area (Å²) < 4.78 is 16.4. The molecule has 0 spiro atoms. The molecule has 0 bridgehead atoms. The fourth-order valence-electron chi connectivity index (χ4n) is 4.23. The van der Waals surface area contributed by atoms with Crippen LogP contribution < -0.4 is 9.47 Å². The van der Waals surface area contributed by atoms with Crippen molar-refractivity contribution in [3.63, 3.8) is 0 Å². The summed E-state index contributed by atoms with van der Waals surface area (Å²) in [7, 11) is 3.06. The molecule has 1 aromatic rings. The predicted molar refractivity (Wildman–Crippen MR) is 105 cm³/mol. The summed E-state index contributed by atoms with van der Waals surface area (Å²) in [6.45, 7) is 2.25. The van der Waals surface area contributed by atoms with Crippen molar-refractivity contribution in [1.82, 2.24) is 4.90 Å². The number of carbonyl (C=O) groups is 1. The maximum Gasteiger partial charge on any atom is 0.306 e. The Morgan fingerprint density at radius 1 is 1.21 bits per heavy atom. The molecular weight excluding hydrogens is 356 g/mol. The molecule has 152 valence electrons. The number of piperidine rings is 1. The number of ether oxygens (including phenoxy) is 3. The quantitative estimate of drug-likeness (QED) is 0.669. The Hall–Kier alpha value is -2.26. The van der Waals surface area contributed by atoms with Gasteiger partial charge in [-0.25, -0.2) is 0 Å². The van der Waals surface area contributed by atoms with Crippen molar-refractivity contribution in [2.24, 2.45) is 0 Å². The Morgan fingerprint density at radius 3 is 2.54 bits per heavy atom. The van der Waals surface area contributed by atoms with Gasteiger partial charge in [0.2, 0.25) is 0 Å². The van der Waals surface area contributed by atoms with Crippen molar-refractivity contribution in [3.8, 4) is 17.6 Å². The summed E-state index contributed by atoms with van der Waals surface area (Å²) in [4.78, 5) is 13.6. The molecule has 0 amide bonds. The normalized spacial score (nSPS) is 19.8. The molecule has 2 aliphatic rings. The third-order valence-electron chi connectivity index (χ3n) is 6.10. The molecule has 2 fully saturated rings. The van der Waals surface area contributed by atoms with Gasteiger partial charge in [-0.1, -0.05) is 6.07 Å². The fourth-order valence-corrected chi connectivity index (χ4v) is 4.23. The molecule has 0 atom stereocenters. The van der Waals surface area contributed by atoms with Crippen LogP contribution in [0.5, 0.6) is 11.5 Å². The van der Waals surface area contributed by atoms with Gasteiger partial charge in [0.05, 0.1) is 38.2 Å². The van der Waals surface area contributed by atoms with Gasteiger partial charge in [0.25, 0.3) is 0 Å². The van der Waals surface area contributed by atoms with Crippen LogP contribution in [0.3, 0.4) is 0 Å². The van der Waals surface area contributed by atoms with Crippen LogP contribution in [0.25, 0.3) is 0 Å². The molecule has 1 aliphatic carbocycles. The van der Waals surface area contributed by atoms with Crippen LogP contribution in [0.1, 0.15) is 50.5 Å². The Kier molecular flexibility index (Phi) is 6.79. The zero-order valence-corrected chi connectivity index (χ0v) is 16.9. The lowest BCUT2D eigenvalue weighted by Crippen LogP contribution is -2.42. The zero-order chi connectivity index (χ0) is 20.0. The Labute approximate surface area is 167 Å². The van der Waals surface area contributed by atoms with E-state index in [0.717, 1.165) is 55.8 Å². The molecule has 0 radical (unpaired) electrons. The van der Waals surface area contributed by atoms with E-state index in [9.17, 15) is 10.1 Å². The molecule has 6 heteroatoms. The first-order chi connectivity index (χ1) is 13.6. The summed E-state index contributed by atoms with van der Waals surface area (Å²) >= 11 is 0. The molecular formula is C22H30N2O4. The molecule has 1 aliphatic heterocycles. The first-order valence-electron chi connectivity index (χ1n) is 10.2. The maximum absolute atomic E-state index is 11.4. The van der Waals surface area contributed by atoms with Gasteiger partial charge in [0.15, 0.2) is 11.5 Å². The topological polar surface area (TPSA) is 71.8 Å². The Morgan fingerprint density at radius 2 is 1.93 bits per heavy atom.